The standard InChI is InChI=1S/C6H5ClN2/c1-2-5-3-6(7)9-8-4-5/h2-4H,1H2. The first kappa shape index (κ1) is 6.23. The van der Waals surface area contributed by atoms with Gasteiger partial charge in [-0.2, -0.15) is 5.10 Å². The van der Waals surface area contributed by atoms with Crippen molar-refractivity contribution in [3.8, 4) is 0 Å². The van der Waals surface area contributed by atoms with Gasteiger partial charge in [-0.05, 0) is 11.6 Å². The van der Waals surface area contributed by atoms with Crippen molar-refractivity contribution in [2.75, 3.05) is 0 Å². The van der Waals surface area contributed by atoms with E-state index in [1.807, 2.05) is 0 Å². The zero-order valence-electron chi connectivity index (χ0n) is 4.71. The second kappa shape index (κ2) is 2.60. The van der Waals surface area contributed by atoms with Gasteiger partial charge in [0.1, 0.15) is 0 Å². The van der Waals surface area contributed by atoms with Gasteiger partial charge in [0.2, 0.25) is 0 Å². The van der Waals surface area contributed by atoms with Gasteiger partial charge in [-0.15, -0.1) is 5.10 Å². The van der Waals surface area contributed by atoms with Gasteiger partial charge < -0.3 is 0 Å². The minimum atomic E-state index is 0.396. The highest BCUT2D eigenvalue weighted by Crippen LogP contribution is 2.04. The molecular formula is C6H5ClN2. The average Bonchev–Trinajstić information content (AvgIpc) is 1.88. The lowest BCUT2D eigenvalue weighted by molar-refractivity contribution is 1.03. The second-order valence-electron chi connectivity index (χ2n) is 1.52. The molecule has 0 spiro atoms. The third-order valence-electron chi connectivity index (χ3n) is 0.882. The molecule has 46 valence electrons. The molecule has 0 saturated carbocycles. The molecule has 0 amide bonds. The summed E-state index contributed by atoms with van der Waals surface area (Å²) in [5, 5.41) is 7.55. The van der Waals surface area contributed by atoms with Crippen LogP contribution in [0.5, 0.6) is 0 Å². The molecule has 0 N–H and O–H groups in total. The summed E-state index contributed by atoms with van der Waals surface area (Å²) in [6.45, 7) is 3.55. The molecule has 9 heavy (non-hydrogen) atoms. The Hall–Kier alpha value is -0.890. The molecule has 0 bridgehead atoms. The predicted molar refractivity (Wildman–Crippen MR) is 37.1 cm³/mol. The van der Waals surface area contributed by atoms with E-state index in [0.717, 1.165) is 5.56 Å². The number of rotatable bonds is 1. The summed E-state index contributed by atoms with van der Waals surface area (Å²) in [5.74, 6) is 0. The molecule has 3 heteroatoms. The van der Waals surface area contributed by atoms with Crippen LogP contribution in [0.2, 0.25) is 5.15 Å². The fraction of sp³-hybridized carbons (Fsp3) is 0. The van der Waals surface area contributed by atoms with Crippen molar-refractivity contribution in [2.24, 2.45) is 0 Å². The minimum absolute atomic E-state index is 0.396. The molecule has 0 aliphatic rings. The molecular weight excluding hydrogens is 136 g/mol. The summed E-state index contributed by atoms with van der Waals surface area (Å²) in [5.41, 5.74) is 0.884. The van der Waals surface area contributed by atoms with Crippen LogP contribution in [0, 0.1) is 0 Å². The van der Waals surface area contributed by atoms with Crippen molar-refractivity contribution in [1.82, 2.24) is 10.2 Å². The van der Waals surface area contributed by atoms with E-state index in [2.05, 4.69) is 16.8 Å². The number of halogens is 1. The lowest BCUT2D eigenvalue weighted by atomic mass is 10.3. The molecule has 0 atom stereocenters. The van der Waals surface area contributed by atoms with Crippen molar-refractivity contribution < 1.29 is 0 Å². The molecule has 1 heterocycles. The van der Waals surface area contributed by atoms with Crippen LogP contribution in [-0.4, -0.2) is 10.2 Å². The maximum Gasteiger partial charge on any atom is 0.152 e. The van der Waals surface area contributed by atoms with E-state index in [9.17, 15) is 0 Å². The van der Waals surface area contributed by atoms with E-state index in [1.54, 1.807) is 18.3 Å². The molecule has 0 unspecified atom stereocenters. The highest BCUT2D eigenvalue weighted by molar-refractivity contribution is 6.29. The fourth-order valence-electron chi connectivity index (χ4n) is 0.466. The first-order chi connectivity index (χ1) is 4.33. The zero-order valence-corrected chi connectivity index (χ0v) is 5.47. The lowest BCUT2D eigenvalue weighted by Crippen LogP contribution is -1.81. The van der Waals surface area contributed by atoms with Gasteiger partial charge in [0.05, 0.1) is 6.20 Å². The maximum absolute atomic E-state index is 5.50. The van der Waals surface area contributed by atoms with Crippen molar-refractivity contribution in [2.45, 2.75) is 0 Å². The minimum Gasteiger partial charge on any atom is -0.157 e. The molecule has 0 aliphatic carbocycles. The van der Waals surface area contributed by atoms with Crippen LogP contribution < -0.4 is 0 Å². The topological polar surface area (TPSA) is 25.8 Å². The highest BCUT2D eigenvalue weighted by Gasteiger charge is 1.88. The third kappa shape index (κ3) is 1.50. The van der Waals surface area contributed by atoms with Crippen LogP contribution in [0.1, 0.15) is 5.56 Å². The summed E-state index contributed by atoms with van der Waals surface area (Å²) in [4.78, 5) is 0. The Morgan fingerprint density at radius 1 is 1.67 bits per heavy atom. The summed E-state index contributed by atoms with van der Waals surface area (Å²) >= 11 is 5.50. The van der Waals surface area contributed by atoms with E-state index >= 15 is 0 Å². The molecule has 0 saturated heterocycles. The Bertz CT molecular complexity index is 222. The number of nitrogens with zero attached hydrogens (tertiary/aromatic N) is 2. The van der Waals surface area contributed by atoms with Gasteiger partial charge in [-0.25, -0.2) is 0 Å². The van der Waals surface area contributed by atoms with Gasteiger partial charge >= 0.3 is 0 Å². The molecule has 0 radical (unpaired) electrons. The Labute approximate surface area is 58.2 Å². The SMILES string of the molecule is C=Cc1cnnc(Cl)c1. The third-order valence-corrected chi connectivity index (χ3v) is 1.07. The van der Waals surface area contributed by atoms with Gasteiger partial charge in [-0.3, -0.25) is 0 Å². The highest BCUT2D eigenvalue weighted by atomic mass is 35.5. The van der Waals surface area contributed by atoms with E-state index in [4.69, 9.17) is 11.6 Å². The Kier molecular flexibility index (Phi) is 1.80. The molecule has 1 aromatic rings. The largest absolute Gasteiger partial charge is 0.157 e. The molecule has 1 rings (SSSR count). The van der Waals surface area contributed by atoms with Gasteiger partial charge in [0.15, 0.2) is 5.15 Å². The Morgan fingerprint density at radius 2 is 2.44 bits per heavy atom. The van der Waals surface area contributed by atoms with Crippen molar-refractivity contribution in [3.63, 3.8) is 0 Å². The fourth-order valence-corrected chi connectivity index (χ4v) is 0.636. The first-order valence-corrected chi connectivity index (χ1v) is 2.81. The van der Waals surface area contributed by atoms with Crippen LogP contribution in [0.15, 0.2) is 18.8 Å². The van der Waals surface area contributed by atoms with Crippen LogP contribution >= 0.6 is 11.6 Å². The zero-order chi connectivity index (χ0) is 6.69. The normalized spacial score (nSPS) is 9.00. The van der Waals surface area contributed by atoms with E-state index in [-0.39, 0.29) is 0 Å². The molecule has 1 aromatic heterocycles. The molecule has 0 fully saturated rings. The molecule has 0 aromatic carbocycles. The van der Waals surface area contributed by atoms with Crippen molar-refractivity contribution in [1.29, 1.82) is 0 Å². The van der Waals surface area contributed by atoms with Gasteiger partial charge in [0, 0.05) is 0 Å². The maximum atomic E-state index is 5.50. The smallest absolute Gasteiger partial charge is 0.152 e. The number of aromatic nitrogens is 2. The molecule has 0 aliphatic heterocycles. The predicted octanol–water partition coefficient (Wildman–Crippen LogP) is 1.77. The van der Waals surface area contributed by atoms with Crippen molar-refractivity contribution in [3.05, 3.63) is 29.6 Å². The van der Waals surface area contributed by atoms with Gasteiger partial charge in [-0.1, -0.05) is 24.3 Å². The molecule has 2 nitrogen and oxygen atoms in total. The van der Waals surface area contributed by atoms with E-state index < -0.39 is 0 Å². The Balaban J connectivity index is 3.07. The van der Waals surface area contributed by atoms with Crippen LogP contribution in [-0.2, 0) is 0 Å². The average molecular weight is 141 g/mol. The number of hydrogen-bond acceptors (Lipinski definition) is 2. The summed E-state index contributed by atoms with van der Waals surface area (Å²) in [7, 11) is 0. The lowest BCUT2D eigenvalue weighted by Gasteiger charge is -1.88. The van der Waals surface area contributed by atoms with Crippen LogP contribution in [0.4, 0.5) is 0 Å². The van der Waals surface area contributed by atoms with Gasteiger partial charge in [0.25, 0.3) is 0 Å². The monoisotopic (exact) mass is 140 g/mol. The first-order valence-electron chi connectivity index (χ1n) is 2.43. The Morgan fingerprint density at radius 3 is 2.89 bits per heavy atom. The summed E-state index contributed by atoms with van der Waals surface area (Å²) in [6.07, 6.45) is 3.26. The van der Waals surface area contributed by atoms with Crippen LogP contribution in [0.25, 0.3) is 6.08 Å². The summed E-state index contributed by atoms with van der Waals surface area (Å²) in [6, 6.07) is 1.70. The number of hydrogen-bond donors (Lipinski definition) is 0. The van der Waals surface area contributed by atoms with E-state index in [1.165, 1.54) is 0 Å². The second-order valence-corrected chi connectivity index (χ2v) is 1.90. The van der Waals surface area contributed by atoms with E-state index in [0.29, 0.717) is 5.15 Å². The quantitative estimate of drug-likeness (QED) is 0.594. The summed E-state index contributed by atoms with van der Waals surface area (Å²) < 4.78 is 0. The van der Waals surface area contributed by atoms with Crippen molar-refractivity contribution >= 4 is 17.7 Å². The van der Waals surface area contributed by atoms with Crippen LogP contribution in [0.3, 0.4) is 0 Å².